The quantitative estimate of drug-likeness (QED) is 0.545. The van der Waals surface area contributed by atoms with Gasteiger partial charge in [-0.1, -0.05) is 0 Å². The summed E-state index contributed by atoms with van der Waals surface area (Å²) in [5.41, 5.74) is 5.43. The van der Waals surface area contributed by atoms with Gasteiger partial charge >= 0.3 is 0 Å². The second-order valence-electron chi connectivity index (χ2n) is 3.83. The molecule has 1 rings (SSSR count). The molecule has 0 aromatic heterocycles. The molecule has 0 aromatic rings. The summed E-state index contributed by atoms with van der Waals surface area (Å²) < 4.78 is 0. The molecule has 1 unspecified atom stereocenters. The fraction of sp³-hybridized carbons (Fsp3) is 1.00. The Balaban J connectivity index is 1.98. The molecule has 0 saturated carbocycles. The zero-order valence-electron chi connectivity index (χ0n) is 8.52. The van der Waals surface area contributed by atoms with E-state index in [9.17, 15) is 0 Å². The van der Waals surface area contributed by atoms with Crippen LogP contribution in [-0.4, -0.2) is 32.2 Å². The summed E-state index contributed by atoms with van der Waals surface area (Å²) in [6.45, 7) is 4.34. The summed E-state index contributed by atoms with van der Waals surface area (Å²) in [4.78, 5) is 0. The van der Waals surface area contributed by atoms with Gasteiger partial charge in [0.1, 0.15) is 0 Å². The van der Waals surface area contributed by atoms with Gasteiger partial charge in [-0.2, -0.15) is 0 Å². The van der Waals surface area contributed by atoms with Crippen molar-refractivity contribution in [1.82, 2.24) is 10.6 Å². The highest BCUT2D eigenvalue weighted by atomic mass is 14.9. The SMILES string of the molecule is NCCCCNC1CCCNCC1. The molecule has 3 heteroatoms. The van der Waals surface area contributed by atoms with Crippen LogP contribution in [0.1, 0.15) is 32.1 Å². The summed E-state index contributed by atoms with van der Waals surface area (Å²) in [7, 11) is 0. The summed E-state index contributed by atoms with van der Waals surface area (Å²) >= 11 is 0. The van der Waals surface area contributed by atoms with E-state index in [4.69, 9.17) is 5.73 Å². The molecule has 0 aromatic carbocycles. The predicted octanol–water partition coefficient (Wildman–Crippen LogP) is 0.457. The summed E-state index contributed by atoms with van der Waals surface area (Å²) in [5.74, 6) is 0. The highest BCUT2D eigenvalue weighted by molar-refractivity contribution is 4.72. The lowest BCUT2D eigenvalue weighted by Gasteiger charge is -2.15. The molecule has 0 aliphatic carbocycles. The Morgan fingerprint density at radius 2 is 2.15 bits per heavy atom. The number of nitrogens with one attached hydrogen (secondary N) is 2. The van der Waals surface area contributed by atoms with E-state index in [0.717, 1.165) is 25.6 Å². The van der Waals surface area contributed by atoms with Crippen LogP contribution in [0.5, 0.6) is 0 Å². The minimum absolute atomic E-state index is 0.743. The van der Waals surface area contributed by atoms with Crippen molar-refractivity contribution in [2.75, 3.05) is 26.2 Å². The zero-order chi connectivity index (χ0) is 9.36. The topological polar surface area (TPSA) is 50.1 Å². The molecule has 0 spiro atoms. The van der Waals surface area contributed by atoms with Crippen molar-refractivity contribution in [3.8, 4) is 0 Å². The maximum atomic E-state index is 5.43. The Morgan fingerprint density at radius 1 is 1.23 bits per heavy atom. The van der Waals surface area contributed by atoms with E-state index in [0.29, 0.717) is 0 Å². The average molecular weight is 185 g/mol. The Labute approximate surface area is 81.5 Å². The Hall–Kier alpha value is -0.120. The molecule has 0 amide bonds. The van der Waals surface area contributed by atoms with E-state index in [1.807, 2.05) is 0 Å². The van der Waals surface area contributed by atoms with Gasteiger partial charge in [-0.05, 0) is 58.3 Å². The van der Waals surface area contributed by atoms with E-state index in [1.54, 1.807) is 0 Å². The molecule has 1 fully saturated rings. The second kappa shape index (κ2) is 7.30. The van der Waals surface area contributed by atoms with Crippen LogP contribution in [0.4, 0.5) is 0 Å². The molecule has 3 nitrogen and oxygen atoms in total. The number of hydrogen-bond acceptors (Lipinski definition) is 3. The Morgan fingerprint density at radius 3 is 3.00 bits per heavy atom. The summed E-state index contributed by atoms with van der Waals surface area (Å²) in [6, 6.07) is 0.743. The first-order valence-corrected chi connectivity index (χ1v) is 5.57. The van der Waals surface area contributed by atoms with E-state index >= 15 is 0 Å². The minimum atomic E-state index is 0.743. The van der Waals surface area contributed by atoms with Crippen LogP contribution in [0.25, 0.3) is 0 Å². The third-order valence-electron chi connectivity index (χ3n) is 2.64. The molecular formula is C10H23N3. The number of unbranched alkanes of at least 4 members (excludes halogenated alkanes) is 1. The lowest BCUT2D eigenvalue weighted by atomic mass is 10.1. The van der Waals surface area contributed by atoms with Gasteiger partial charge in [-0.15, -0.1) is 0 Å². The molecule has 1 saturated heterocycles. The molecule has 1 aliphatic heterocycles. The largest absolute Gasteiger partial charge is 0.330 e. The van der Waals surface area contributed by atoms with Crippen molar-refractivity contribution in [2.45, 2.75) is 38.1 Å². The highest BCUT2D eigenvalue weighted by Crippen LogP contribution is 2.04. The second-order valence-corrected chi connectivity index (χ2v) is 3.83. The maximum absolute atomic E-state index is 5.43. The van der Waals surface area contributed by atoms with Crippen molar-refractivity contribution in [1.29, 1.82) is 0 Å². The fourth-order valence-corrected chi connectivity index (χ4v) is 1.80. The average Bonchev–Trinajstić information content (AvgIpc) is 2.41. The van der Waals surface area contributed by atoms with E-state index < -0.39 is 0 Å². The third kappa shape index (κ3) is 5.24. The molecule has 1 atom stereocenters. The third-order valence-corrected chi connectivity index (χ3v) is 2.64. The van der Waals surface area contributed by atoms with E-state index in [2.05, 4.69) is 10.6 Å². The van der Waals surface area contributed by atoms with Gasteiger partial charge < -0.3 is 16.4 Å². The van der Waals surface area contributed by atoms with Gasteiger partial charge in [0.15, 0.2) is 0 Å². The lowest BCUT2D eigenvalue weighted by molar-refractivity contribution is 0.461. The van der Waals surface area contributed by atoms with Gasteiger partial charge in [-0.25, -0.2) is 0 Å². The van der Waals surface area contributed by atoms with Crippen LogP contribution in [0.2, 0.25) is 0 Å². The standard InChI is InChI=1S/C10H23N3/c11-6-1-2-8-13-10-4-3-7-12-9-5-10/h10,12-13H,1-9,11H2. The van der Waals surface area contributed by atoms with E-state index in [1.165, 1.54) is 38.8 Å². The van der Waals surface area contributed by atoms with Crippen molar-refractivity contribution in [3.05, 3.63) is 0 Å². The van der Waals surface area contributed by atoms with Gasteiger partial charge in [-0.3, -0.25) is 0 Å². The molecule has 0 bridgehead atoms. The van der Waals surface area contributed by atoms with Crippen LogP contribution < -0.4 is 16.4 Å². The monoisotopic (exact) mass is 185 g/mol. The molecular weight excluding hydrogens is 162 g/mol. The first kappa shape index (κ1) is 11.0. The fourth-order valence-electron chi connectivity index (χ4n) is 1.80. The first-order valence-electron chi connectivity index (χ1n) is 5.57. The van der Waals surface area contributed by atoms with Crippen LogP contribution in [0, 0.1) is 0 Å². The predicted molar refractivity (Wildman–Crippen MR) is 56.8 cm³/mol. The zero-order valence-corrected chi connectivity index (χ0v) is 8.52. The summed E-state index contributed by atoms with van der Waals surface area (Å²) in [6.07, 6.45) is 6.30. The van der Waals surface area contributed by atoms with Crippen molar-refractivity contribution in [3.63, 3.8) is 0 Å². The highest BCUT2D eigenvalue weighted by Gasteiger charge is 2.09. The van der Waals surface area contributed by atoms with Gasteiger partial charge in [0.05, 0.1) is 0 Å². The van der Waals surface area contributed by atoms with E-state index in [-0.39, 0.29) is 0 Å². The number of rotatable bonds is 5. The van der Waals surface area contributed by atoms with Crippen molar-refractivity contribution in [2.24, 2.45) is 5.73 Å². The van der Waals surface area contributed by atoms with Gasteiger partial charge in [0.25, 0.3) is 0 Å². The minimum Gasteiger partial charge on any atom is -0.330 e. The lowest BCUT2D eigenvalue weighted by Crippen LogP contribution is -2.30. The summed E-state index contributed by atoms with van der Waals surface area (Å²) in [5, 5.41) is 7.02. The number of hydrogen-bond donors (Lipinski definition) is 3. The van der Waals surface area contributed by atoms with Gasteiger partial charge in [0, 0.05) is 6.04 Å². The first-order chi connectivity index (χ1) is 6.43. The van der Waals surface area contributed by atoms with Crippen molar-refractivity contribution >= 4 is 0 Å². The Bertz CT molecular complexity index is 109. The van der Waals surface area contributed by atoms with Crippen LogP contribution in [0.3, 0.4) is 0 Å². The smallest absolute Gasteiger partial charge is 0.00796 e. The maximum Gasteiger partial charge on any atom is 0.00796 e. The Kier molecular flexibility index (Phi) is 6.15. The molecule has 0 radical (unpaired) electrons. The van der Waals surface area contributed by atoms with Gasteiger partial charge in [0.2, 0.25) is 0 Å². The molecule has 1 heterocycles. The molecule has 78 valence electrons. The number of nitrogens with two attached hydrogens (primary N) is 1. The molecule has 4 N–H and O–H groups in total. The van der Waals surface area contributed by atoms with Crippen molar-refractivity contribution < 1.29 is 0 Å². The normalized spacial score (nSPS) is 24.2. The molecule has 13 heavy (non-hydrogen) atoms. The molecule has 1 aliphatic rings. The van der Waals surface area contributed by atoms with Crippen LogP contribution >= 0.6 is 0 Å². The van der Waals surface area contributed by atoms with Crippen LogP contribution in [0.15, 0.2) is 0 Å². The van der Waals surface area contributed by atoms with Crippen LogP contribution in [-0.2, 0) is 0 Å².